The van der Waals surface area contributed by atoms with Crippen LogP contribution in [0.4, 0.5) is 5.69 Å². The number of phenolic OH excluding ortho intramolecular Hbond substituents is 1. The van der Waals surface area contributed by atoms with Crippen LogP contribution >= 0.6 is 11.8 Å². The van der Waals surface area contributed by atoms with Gasteiger partial charge in [-0.05, 0) is 70.8 Å². The van der Waals surface area contributed by atoms with Crippen molar-refractivity contribution in [2.24, 2.45) is 0 Å². The fourth-order valence-electron chi connectivity index (χ4n) is 4.94. The maximum absolute atomic E-state index is 12.5. The third-order valence-electron chi connectivity index (χ3n) is 7.29. The Balaban J connectivity index is 1.28. The van der Waals surface area contributed by atoms with Gasteiger partial charge in [0.05, 0.1) is 24.5 Å². The van der Waals surface area contributed by atoms with Crippen LogP contribution in [0.5, 0.6) is 5.75 Å². The molecule has 45 heavy (non-hydrogen) atoms. The van der Waals surface area contributed by atoms with Crippen molar-refractivity contribution in [1.29, 1.82) is 0 Å². The largest absolute Gasteiger partial charge is 0.508 e. The molecule has 0 radical (unpaired) electrons. The maximum atomic E-state index is 12.5. The smallest absolute Gasteiger partial charge is 0.303 e. The number of hydrogen-bond donors (Lipinski definition) is 4. The van der Waals surface area contributed by atoms with Crippen molar-refractivity contribution in [1.82, 2.24) is 20.2 Å². The Bertz CT molecular complexity index is 1560. The number of thioether (sulfide) groups is 1. The molecule has 3 aromatic carbocycles. The van der Waals surface area contributed by atoms with Crippen LogP contribution in [0.2, 0.25) is 0 Å². The number of amides is 1. The molecule has 0 aliphatic carbocycles. The molecule has 0 saturated carbocycles. The Morgan fingerprint density at radius 3 is 2.49 bits per heavy atom. The number of phenols is 1. The van der Waals surface area contributed by atoms with Crippen molar-refractivity contribution in [3.8, 4) is 11.4 Å². The van der Waals surface area contributed by atoms with E-state index >= 15 is 0 Å². The van der Waals surface area contributed by atoms with Crippen LogP contribution in [0.15, 0.2) is 78.0 Å². The highest BCUT2D eigenvalue weighted by atomic mass is 32.2. The van der Waals surface area contributed by atoms with Crippen LogP contribution in [-0.4, -0.2) is 59.3 Å². The Morgan fingerprint density at radius 2 is 1.73 bits per heavy atom. The van der Waals surface area contributed by atoms with E-state index in [0.717, 1.165) is 16.7 Å². The van der Waals surface area contributed by atoms with Crippen molar-refractivity contribution in [3.63, 3.8) is 0 Å². The van der Waals surface area contributed by atoms with E-state index in [1.165, 1.54) is 11.8 Å². The molecule has 12 nitrogen and oxygen atoms in total. The minimum atomic E-state index is -0.831. The Morgan fingerprint density at radius 1 is 0.956 bits per heavy atom. The van der Waals surface area contributed by atoms with Gasteiger partial charge in [-0.15, -0.1) is 5.10 Å². The zero-order chi connectivity index (χ0) is 31.6. The van der Waals surface area contributed by atoms with Gasteiger partial charge in [0, 0.05) is 36.3 Å². The number of rotatable bonds is 14. The summed E-state index contributed by atoms with van der Waals surface area (Å²) in [5, 5.41) is 43.5. The normalized spacial score (nSPS) is 18.0. The molecule has 13 heteroatoms. The molecule has 1 aliphatic rings. The Kier molecular flexibility index (Phi) is 11.1. The van der Waals surface area contributed by atoms with Gasteiger partial charge in [0.2, 0.25) is 11.1 Å². The second-order valence-electron chi connectivity index (χ2n) is 10.7. The number of aromatic hydroxyl groups is 1. The fourth-order valence-corrected chi connectivity index (χ4v) is 5.85. The maximum Gasteiger partial charge on any atom is 0.303 e. The molecule has 236 valence electrons. The van der Waals surface area contributed by atoms with Crippen LogP contribution in [0, 0.1) is 0 Å². The lowest BCUT2D eigenvalue weighted by Crippen LogP contribution is -2.31. The van der Waals surface area contributed by atoms with Crippen LogP contribution in [0.3, 0.4) is 0 Å². The van der Waals surface area contributed by atoms with Crippen molar-refractivity contribution in [3.05, 3.63) is 89.5 Å². The second-order valence-corrected chi connectivity index (χ2v) is 11.7. The molecule has 4 aromatic rings. The summed E-state index contributed by atoms with van der Waals surface area (Å²) in [7, 11) is 0. The summed E-state index contributed by atoms with van der Waals surface area (Å²) < 4.78 is 14.5. The molecular formula is C32H35N5O7S. The van der Waals surface area contributed by atoms with Crippen LogP contribution < -0.4 is 5.32 Å². The molecule has 5 rings (SSSR count). The summed E-state index contributed by atoms with van der Waals surface area (Å²) in [4.78, 5) is 23.2. The summed E-state index contributed by atoms with van der Waals surface area (Å²) in [5.74, 6) is -0.294. The van der Waals surface area contributed by atoms with E-state index in [9.17, 15) is 19.8 Å². The average molecular weight is 634 g/mol. The predicted molar refractivity (Wildman–Crippen MR) is 166 cm³/mol. The molecular weight excluding hydrogens is 598 g/mol. The number of unbranched alkanes of at least 4 members (excludes halogenated alkanes) is 2. The van der Waals surface area contributed by atoms with Crippen molar-refractivity contribution < 1.29 is 34.4 Å². The van der Waals surface area contributed by atoms with Gasteiger partial charge in [-0.3, -0.25) is 9.59 Å². The number of tetrazole rings is 1. The van der Waals surface area contributed by atoms with Crippen molar-refractivity contribution in [2.75, 3.05) is 11.1 Å². The first-order valence-corrected chi connectivity index (χ1v) is 15.7. The summed E-state index contributed by atoms with van der Waals surface area (Å²) >= 11 is 1.45. The molecule has 1 fully saturated rings. The molecule has 2 heterocycles. The number of carboxylic acids is 1. The number of carbonyl (C=O) groups excluding carboxylic acids is 1. The van der Waals surface area contributed by atoms with E-state index in [-0.39, 0.29) is 36.9 Å². The minimum Gasteiger partial charge on any atom is -0.508 e. The number of carbonyl (C=O) groups is 2. The Hall–Kier alpha value is -4.30. The number of benzene rings is 3. The van der Waals surface area contributed by atoms with Gasteiger partial charge in [0.1, 0.15) is 5.75 Å². The summed E-state index contributed by atoms with van der Waals surface area (Å²) in [6.07, 6.45) is 1.55. The molecule has 3 unspecified atom stereocenters. The number of carboxylic acid groups (broad SMARTS) is 1. The molecule has 1 amide bonds. The van der Waals surface area contributed by atoms with Crippen LogP contribution in [0.25, 0.3) is 5.69 Å². The highest BCUT2D eigenvalue weighted by molar-refractivity contribution is 7.99. The summed E-state index contributed by atoms with van der Waals surface area (Å²) in [6.45, 7) is -0.0482. The molecule has 0 bridgehead atoms. The fraction of sp³-hybridized carbons (Fsp3) is 0.344. The van der Waals surface area contributed by atoms with E-state index in [4.69, 9.17) is 14.6 Å². The van der Waals surface area contributed by atoms with E-state index in [0.29, 0.717) is 54.4 Å². The number of aliphatic hydroxyl groups excluding tert-OH is 1. The van der Waals surface area contributed by atoms with Crippen LogP contribution in [0.1, 0.15) is 67.6 Å². The highest BCUT2D eigenvalue weighted by Gasteiger charge is 2.33. The standard InChI is InChI=1S/C32H35N5O7S/c38-19-21-9-11-22(12-10-21)28-18-27(20-45-32-34-35-36-37(32)25-13-15-26(39)16-14-25)43-31(44-28)23-5-4-6-24(17-23)33-29(40)7-2-1-3-8-30(41)42/h4-6,9-17,27-28,31,38-39H,1-3,7-8,18-20H2,(H,33,40)(H,41,42). The number of nitrogens with one attached hydrogen (secondary N) is 1. The van der Waals surface area contributed by atoms with E-state index in [1.54, 1.807) is 35.0 Å². The minimum absolute atomic E-state index is 0.0482. The van der Waals surface area contributed by atoms with Gasteiger partial charge in [-0.2, -0.15) is 4.68 Å². The zero-order valence-corrected chi connectivity index (χ0v) is 25.3. The summed E-state index contributed by atoms with van der Waals surface area (Å²) in [5.41, 5.74) is 3.84. The molecule has 1 aliphatic heterocycles. The number of aromatic nitrogens is 4. The monoisotopic (exact) mass is 633 g/mol. The predicted octanol–water partition coefficient (Wildman–Crippen LogP) is 5.17. The number of nitrogens with zero attached hydrogens (tertiary/aromatic N) is 4. The van der Waals surface area contributed by atoms with Gasteiger partial charge in [-0.1, -0.05) is 54.6 Å². The SMILES string of the molecule is O=C(O)CCCCCC(=O)Nc1cccc(C2OC(CSc3nnnn3-c3ccc(O)cc3)CC(c3ccc(CO)cc3)O2)c1. The first-order valence-electron chi connectivity index (χ1n) is 14.7. The lowest BCUT2D eigenvalue weighted by atomic mass is 10.0. The quantitative estimate of drug-likeness (QED) is 0.107. The van der Waals surface area contributed by atoms with Gasteiger partial charge in [0.25, 0.3) is 0 Å². The zero-order valence-electron chi connectivity index (χ0n) is 24.5. The molecule has 3 atom stereocenters. The van der Waals surface area contributed by atoms with Crippen molar-refractivity contribution >= 4 is 29.3 Å². The topological polar surface area (TPSA) is 169 Å². The number of ether oxygens (including phenoxy) is 2. The van der Waals surface area contributed by atoms with Crippen molar-refractivity contribution in [2.45, 2.75) is 68.8 Å². The van der Waals surface area contributed by atoms with E-state index in [2.05, 4.69) is 20.8 Å². The van der Waals surface area contributed by atoms with E-state index in [1.807, 2.05) is 42.5 Å². The first-order chi connectivity index (χ1) is 21.9. The van der Waals surface area contributed by atoms with Crippen LogP contribution in [-0.2, 0) is 25.7 Å². The van der Waals surface area contributed by atoms with Gasteiger partial charge in [0.15, 0.2) is 6.29 Å². The average Bonchev–Trinajstić information content (AvgIpc) is 3.52. The third kappa shape index (κ3) is 9.11. The number of aliphatic carboxylic acids is 1. The number of aliphatic hydroxyl groups is 1. The molecule has 4 N–H and O–H groups in total. The lowest BCUT2D eigenvalue weighted by molar-refractivity contribution is -0.245. The first kappa shape index (κ1) is 32.1. The number of hydrogen-bond acceptors (Lipinski definition) is 10. The molecule has 1 saturated heterocycles. The molecule has 1 aromatic heterocycles. The second kappa shape index (κ2) is 15.6. The van der Waals surface area contributed by atoms with Gasteiger partial charge >= 0.3 is 5.97 Å². The number of anilines is 1. The molecule has 0 spiro atoms. The lowest BCUT2D eigenvalue weighted by Gasteiger charge is -2.36. The summed E-state index contributed by atoms with van der Waals surface area (Å²) in [6, 6.07) is 21.6. The van der Waals surface area contributed by atoms with Gasteiger partial charge < -0.3 is 30.1 Å². The third-order valence-corrected chi connectivity index (χ3v) is 8.34. The highest BCUT2D eigenvalue weighted by Crippen LogP contribution is 2.40. The Labute approximate surface area is 264 Å². The van der Waals surface area contributed by atoms with E-state index < -0.39 is 12.3 Å². The van der Waals surface area contributed by atoms with Gasteiger partial charge in [-0.25, -0.2) is 0 Å².